The summed E-state index contributed by atoms with van der Waals surface area (Å²) in [6.45, 7) is 1.39. The molecule has 0 aliphatic rings. The fourth-order valence-electron chi connectivity index (χ4n) is 1.18. The van der Waals surface area contributed by atoms with Crippen molar-refractivity contribution in [3.8, 4) is 11.5 Å². The molecular formula is C11H17NO4. The summed E-state index contributed by atoms with van der Waals surface area (Å²) in [5, 5.41) is 27.0. The molecule has 0 unspecified atom stereocenters. The van der Waals surface area contributed by atoms with Crippen molar-refractivity contribution >= 4 is 5.97 Å². The smallest absolute Gasteiger partial charge is 0.323 e. The Morgan fingerprint density at radius 1 is 1.38 bits per heavy atom. The largest absolute Gasteiger partial charge is 0.504 e. The van der Waals surface area contributed by atoms with Gasteiger partial charge in [-0.1, -0.05) is 13.5 Å². The molecule has 0 radical (unpaired) electrons. The average molecular weight is 227 g/mol. The Morgan fingerprint density at radius 3 is 2.38 bits per heavy atom. The number of aliphatic carboxylic acids is 1. The number of phenolic OH excluding ortho intramolecular Hbond substituents is 2. The van der Waals surface area contributed by atoms with Crippen LogP contribution >= 0.6 is 0 Å². The lowest BCUT2D eigenvalue weighted by Crippen LogP contribution is -2.46. The van der Waals surface area contributed by atoms with Gasteiger partial charge in [-0.05, 0) is 24.6 Å². The van der Waals surface area contributed by atoms with Gasteiger partial charge in [-0.15, -0.1) is 0 Å². The van der Waals surface area contributed by atoms with E-state index in [1.54, 1.807) is 0 Å². The van der Waals surface area contributed by atoms with E-state index in [1.165, 1.54) is 25.1 Å². The van der Waals surface area contributed by atoms with Gasteiger partial charge in [-0.3, -0.25) is 4.79 Å². The SMILES string of the molecule is C.C[C@](N)(Cc1ccc(O)c(O)c1)C(=O)O. The number of carboxylic acid groups (broad SMARTS) is 1. The molecular weight excluding hydrogens is 210 g/mol. The summed E-state index contributed by atoms with van der Waals surface area (Å²) in [7, 11) is 0. The summed E-state index contributed by atoms with van der Waals surface area (Å²) in [5.74, 6) is -1.64. The summed E-state index contributed by atoms with van der Waals surface area (Å²) < 4.78 is 0. The van der Waals surface area contributed by atoms with E-state index >= 15 is 0 Å². The molecule has 0 saturated carbocycles. The first-order chi connectivity index (χ1) is 6.83. The molecule has 1 aromatic carbocycles. The van der Waals surface area contributed by atoms with E-state index in [4.69, 9.17) is 15.9 Å². The molecule has 5 N–H and O–H groups in total. The van der Waals surface area contributed by atoms with Crippen molar-refractivity contribution in [2.24, 2.45) is 5.73 Å². The molecule has 0 aliphatic carbocycles. The van der Waals surface area contributed by atoms with Gasteiger partial charge in [0.25, 0.3) is 0 Å². The second-order valence-corrected chi connectivity index (χ2v) is 3.72. The second kappa shape index (κ2) is 4.85. The minimum atomic E-state index is -1.39. The molecule has 0 fully saturated rings. The number of carbonyl (C=O) groups is 1. The molecule has 0 aliphatic heterocycles. The number of aromatic hydroxyl groups is 2. The van der Waals surface area contributed by atoms with E-state index in [-0.39, 0.29) is 25.3 Å². The molecule has 1 atom stereocenters. The van der Waals surface area contributed by atoms with Crippen molar-refractivity contribution in [3.05, 3.63) is 23.8 Å². The van der Waals surface area contributed by atoms with Crippen LogP contribution in [0.15, 0.2) is 18.2 Å². The summed E-state index contributed by atoms with van der Waals surface area (Å²) in [5.41, 5.74) is 4.70. The Morgan fingerprint density at radius 2 is 1.94 bits per heavy atom. The van der Waals surface area contributed by atoms with Crippen LogP contribution in [0.3, 0.4) is 0 Å². The highest BCUT2D eigenvalue weighted by Crippen LogP contribution is 2.26. The number of carboxylic acids is 1. The third kappa shape index (κ3) is 3.13. The Hall–Kier alpha value is -1.75. The van der Waals surface area contributed by atoms with E-state index in [2.05, 4.69) is 0 Å². The van der Waals surface area contributed by atoms with Crippen LogP contribution in [0.2, 0.25) is 0 Å². The minimum Gasteiger partial charge on any atom is -0.504 e. The van der Waals surface area contributed by atoms with Crippen molar-refractivity contribution in [2.75, 3.05) is 0 Å². The lowest BCUT2D eigenvalue weighted by atomic mass is 9.94. The van der Waals surface area contributed by atoms with Gasteiger partial charge in [0.05, 0.1) is 0 Å². The number of benzene rings is 1. The maximum Gasteiger partial charge on any atom is 0.323 e. The Bertz CT molecular complexity index is 388. The van der Waals surface area contributed by atoms with Crippen LogP contribution in [0.1, 0.15) is 19.9 Å². The van der Waals surface area contributed by atoms with Gasteiger partial charge >= 0.3 is 5.97 Å². The number of hydrogen-bond acceptors (Lipinski definition) is 4. The van der Waals surface area contributed by atoms with Crippen LogP contribution in [0.5, 0.6) is 11.5 Å². The monoisotopic (exact) mass is 227 g/mol. The highest BCUT2D eigenvalue weighted by molar-refractivity contribution is 5.78. The topological polar surface area (TPSA) is 104 Å². The number of hydrogen-bond donors (Lipinski definition) is 4. The molecule has 16 heavy (non-hydrogen) atoms. The van der Waals surface area contributed by atoms with Gasteiger partial charge < -0.3 is 21.1 Å². The van der Waals surface area contributed by atoms with Gasteiger partial charge in [-0.2, -0.15) is 0 Å². The van der Waals surface area contributed by atoms with Gasteiger partial charge in [0, 0.05) is 6.42 Å². The average Bonchev–Trinajstić information content (AvgIpc) is 2.10. The van der Waals surface area contributed by atoms with Crippen molar-refractivity contribution in [1.29, 1.82) is 0 Å². The highest BCUT2D eigenvalue weighted by atomic mass is 16.4. The van der Waals surface area contributed by atoms with E-state index < -0.39 is 11.5 Å². The van der Waals surface area contributed by atoms with Gasteiger partial charge in [0.2, 0.25) is 0 Å². The zero-order chi connectivity index (χ0) is 11.6. The fourth-order valence-corrected chi connectivity index (χ4v) is 1.18. The van der Waals surface area contributed by atoms with Crippen LogP contribution in [-0.4, -0.2) is 26.8 Å². The number of nitrogens with two attached hydrogens (primary N) is 1. The van der Waals surface area contributed by atoms with Crippen LogP contribution in [0.4, 0.5) is 0 Å². The zero-order valence-electron chi connectivity index (χ0n) is 8.27. The van der Waals surface area contributed by atoms with Crippen LogP contribution in [0.25, 0.3) is 0 Å². The molecule has 0 amide bonds. The van der Waals surface area contributed by atoms with Crippen molar-refractivity contribution < 1.29 is 20.1 Å². The van der Waals surface area contributed by atoms with E-state index in [1.807, 2.05) is 0 Å². The Labute approximate surface area is 94.1 Å². The Balaban J connectivity index is 0.00000225. The summed E-state index contributed by atoms with van der Waals surface area (Å²) >= 11 is 0. The van der Waals surface area contributed by atoms with Crippen molar-refractivity contribution in [2.45, 2.75) is 26.3 Å². The lowest BCUT2D eigenvalue weighted by molar-refractivity contribution is -0.142. The first-order valence-corrected chi connectivity index (χ1v) is 4.36. The second-order valence-electron chi connectivity index (χ2n) is 3.72. The molecule has 0 heterocycles. The zero-order valence-corrected chi connectivity index (χ0v) is 8.27. The molecule has 1 aromatic rings. The normalized spacial score (nSPS) is 13.6. The predicted molar refractivity (Wildman–Crippen MR) is 60.4 cm³/mol. The molecule has 90 valence electrons. The molecule has 1 rings (SSSR count). The predicted octanol–water partition coefficient (Wildman–Crippen LogP) is 1.08. The number of phenols is 2. The van der Waals surface area contributed by atoms with Crippen molar-refractivity contribution in [3.63, 3.8) is 0 Å². The van der Waals surface area contributed by atoms with E-state index in [0.29, 0.717) is 5.56 Å². The minimum absolute atomic E-state index is 0. The van der Waals surface area contributed by atoms with Gasteiger partial charge in [0.1, 0.15) is 5.54 Å². The van der Waals surface area contributed by atoms with Crippen LogP contribution in [-0.2, 0) is 11.2 Å². The Kier molecular flexibility index (Phi) is 4.32. The molecule has 0 bridgehead atoms. The summed E-state index contributed by atoms with van der Waals surface area (Å²) in [4.78, 5) is 10.7. The quantitative estimate of drug-likeness (QED) is 0.578. The van der Waals surface area contributed by atoms with E-state index in [0.717, 1.165) is 0 Å². The molecule has 5 heteroatoms. The highest BCUT2D eigenvalue weighted by Gasteiger charge is 2.28. The first-order valence-electron chi connectivity index (χ1n) is 4.36. The third-order valence-electron chi connectivity index (χ3n) is 2.10. The summed E-state index contributed by atoms with van der Waals surface area (Å²) in [6.07, 6.45) is 0.0795. The van der Waals surface area contributed by atoms with Crippen LogP contribution < -0.4 is 5.73 Å². The standard InChI is InChI=1S/C10H13NO4.CH4/c1-10(11,9(14)15)5-6-2-3-7(12)8(13)4-6;/h2-4,12-13H,5,11H2,1H3,(H,14,15);1H4/t10-;/m0./s1. The third-order valence-corrected chi connectivity index (χ3v) is 2.10. The van der Waals surface area contributed by atoms with Gasteiger partial charge in [0.15, 0.2) is 11.5 Å². The van der Waals surface area contributed by atoms with Crippen LogP contribution in [0, 0.1) is 0 Å². The van der Waals surface area contributed by atoms with Gasteiger partial charge in [-0.25, -0.2) is 0 Å². The van der Waals surface area contributed by atoms with Crippen molar-refractivity contribution in [1.82, 2.24) is 0 Å². The molecule has 0 saturated heterocycles. The molecule has 0 spiro atoms. The van der Waals surface area contributed by atoms with E-state index in [9.17, 15) is 9.90 Å². The maximum atomic E-state index is 10.7. The lowest BCUT2D eigenvalue weighted by Gasteiger charge is -2.19. The molecule has 0 aromatic heterocycles. The summed E-state index contributed by atoms with van der Waals surface area (Å²) in [6, 6.07) is 4.11. The number of rotatable bonds is 3. The fraction of sp³-hybridized carbons (Fsp3) is 0.364. The maximum absolute atomic E-state index is 10.7. The first kappa shape index (κ1) is 14.2. The molecule has 5 nitrogen and oxygen atoms in total.